The van der Waals surface area contributed by atoms with E-state index in [1.165, 1.54) is 28.8 Å². The van der Waals surface area contributed by atoms with Gasteiger partial charge >= 0.3 is 0 Å². The maximum absolute atomic E-state index is 5.70. The average Bonchev–Trinajstić information content (AvgIpc) is 2.82. The molecule has 0 bridgehead atoms. The molecule has 1 aliphatic carbocycles. The minimum atomic E-state index is 0.456. The second kappa shape index (κ2) is 4.30. The number of rotatable bonds is 2. The molecule has 1 heterocycles. The molecule has 0 spiro atoms. The Morgan fingerprint density at radius 2 is 2.18 bits per heavy atom. The molecule has 2 N–H and O–H groups in total. The molecule has 86 valence electrons. The van der Waals surface area contributed by atoms with Crippen molar-refractivity contribution in [3.63, 3.8) is 0 Å². The molecule has 0 amide bonds. The number of fused-ring (bicyclic) bond motifs is 1. The summed E-state index contributed by atoms with van der Waals surface area (Å²) in [6, 6.07) is 12.8. The van der Waals surface area contributed by atoms with Crippen LogP contribution in [-0.2, 0) is 13.0 Å². The van der Waals surface area contributed by atoms with Gasteiger partial charge in [0.2, 0.25) is 0 Å². The fraction of sp³-hybridized carbons (Fsp3) is 0.267. The van der Waals surface area contributed by atoms with Crippen molar-refractivity contribution in [2.24, 2.45) is 5.73 Å². The van der Waals surface area contributed by atoms with Crippen LogP contribution in [-0.4, -0.2) is 4.98 Å². The molecular formula is C15H16N2. The van der Waals surface area contributed by atoms with Crippen molar-refractivity contribution in [1.82, 2.24) is 4.98 Å². The van der Waals surface area contributed by atoms with Crippen LogP contribution in [0.15, 0.2) is 42.6 Å². The summed E-state index contributed by atoms with van der Waals surface area (Å²) >= 11 is 0. The number of nitrogens with two attached hydrogens (primary N) is 1. The van der Waals surface area contributed by atoms with Gasteiger partial charge in [-0.2, -0.15) is 0 Å². The van der Waals surface area contributed by atoms with E-state index in [0.29, 0.717) is 12.5 Å². The van der Waals surface area contributed by atoms with E-state index in [1.54, 1.807) is 0 Å². The quantitative estimate of drug-likeness (QED) is 0.851. The van der Waals surface area contributed by atoms with E-state index in [2.05, 4.69) is 35.3 Å². The first-order valence-electron chi connectivity index (χ1n) is 6.11. The second-order valence-corrected chi connectivity index (χ2v) is 4.59. The van der Waals surface area contributed by atoms with Gasteiger partial charge in [0.15, 0.2) is 0 Å². The van der Waals surface area contributed by atoms with Crippen molar-refractivity contribution in [1.29, 1.82) is 0 Å². The van der Waals surface area contributed by atoms with Gasteiger partial charge in [-0.25, -0.2) is 0 Å². The maximum atomic E-state index is 5.70. The van der Waals surface area contributed by atoms with Crippen molar-refractivity contribution in [3.05, 3.63) is 65.0 Å². The molecule has 1 unspecified atom stereocenters. The molecule has 1 aromatic heterocycles. The number of nitrogens with zero attached hydrogens (tertiary/aromatic N) is 1. The molecule has 3 rings (SSSR count). The molecule has 2 aromatic rings. The van der Waals surface area contributed by atoms with Crippen LogP contribution in [0.4, 0.5) is 0 Å². The second-order valence-electron chi connectivity index (χ2n) is 4.59. The van der Waals surface area contributed by atoms with Crippen LogP contribution < -0.4 is 5.73 Å². The molecule has 0 saturated carbocycles. The fourth-order valence-corrected chi connectivity index (χ4v) is 2.67. The summed E-state index contributed by atoms with van der Waals surface area (Å²) in [7, 11) is 0. The van der Waals surface area contributed by atoms with Crippen molar-refractivity contribution >= 4 is 0 Å². The van der Waals surface area contributed by atoms with E-state index in [9.17, 15) is 0 Å². The van der Waals surface area contributed by atoms with Gasteiger partial charge in [0.25, 0.3) is 0 Å². The third kappa shape index (κ3) is 1.85. The summed E-state index contributed by atoms with van der Waals surface area (Å²) in [6.07, 6.45) is 4.20. The summed E-state index contributed by atoms with van der Waals surface area (Å²) in [6.45, 7) is 0.607. The number of hydrogen-bond acceptors (Lipinski definition) is 2. The molecule has 1 aliphatic rings. The van der Waals surface area contributed by atoms with Gasteiger partial charge in [-0.05, 0) is 35.6 Å². The van der Waals surface area contributed by atoms with Gasteiger partial charge in [-0.3, -0.25) is 4.98 Å². The van der Waals surface area contributed by atoms with Crippen LogP contribution in [0.2, 0.25) is 0 Å². The number of hydrogen-bond donors (Lipinski definition) is 1. The predicted molar refractivity (Wildman–Crippen MR) is 68.7 cm³/mol. The number of aromatic nitrogens is 1. The van der Waals surface area contributed by atoms with Crippen LogP contribution in [0.25, 0.3) is 0 Å². The lowest BCUT2D eigenvalue weighted by atomic mass is 9.95. The fourth-order valence-electron chi connectivity index (χ4n) is 2.67. The van der Waals surface area contributed by atoms with Gasteiger partial charge in [0.1, 0.15) is 0 Å². The van der Waals surface area contributed by atoms with E-state index in [0.717, 1.165) is 6.42 Å². The van der Waals surface area contributed by atoms with Crippen LogP contribution in [0.1, 0.15) is 34.7 Å². The molecule has 1 aromatic carbocycles. The third-order valence-corrected chi connectivity index (χ3v) is 3.55. The smallest absolute Gasteiger partial charge is 0.0510 e. The third-order valence-electron chi connectivity index (χ3n) is 3.55. The molecule has 17 heavy (non-hydrogen) atoms. The summed E-state index contributed by atoms with van der Waals surface area (Å²) in [4.78, 5) is 4.54. The Balaban J connectivity index is 2.01. The zero-order valence-corrected chi connectivity index (χ0v) is 9.76. The first-order valence-corrected chi connectivity index (χ1v) is 6.11. The topological polar surface area (TPSA) is 38.9 Å². The van der Waals surface area contributed by atoms with Crippen LogP contribution in [0.5, 0.6) is 0 Å². The van der Waals surface area contributed by atoms with Gasteiger partial charge in [0, 0.05) is 18.7 Å². The highest BCUT2D eigenvalue weighted by Crippen LogP contribution is 2.36. The first kappa shape index (κ1) is 10.5. The minimum absolute atomic E-state index is 0.456. The molecule has 0 saturated heterocycles. The van der Waals surface area contributed by atoms with Gasteiger partial charge in [-0.15, -0.1) is 0 Å². The van der Waals surface area contributed by atoms with Crippen molar-refractivity contribution in [2.75, 3.05) is 0 Å². The SMILES string of the molecule is NCc1cccc(C2CCc3cccnc32)c1. The van der Waals surface area contributed by atoms with E-state index in [1.807, 2.05) is 12.3 Å². The van der Waals surface area contributed by atoms with Gasteiger partial charge < -0.3 is 5.73 Å². The normalized spacial score (nSPS) is 18.1. The van der Waals surface area contributed by atoms with Crippen LogP contribution in [0.3, 0.4) is 0 Å². The maximum Gasteiger partial charge on any atom is 0.0510 e. The molecule has 2 heteroatoms. The Labute approximate surface area is 102 Å². The summed E-state index contributed by atoms with van der Waals surface area (Å²) in [5, 5.41) is 0. The lowest BCUT2D eigenvalue weighted by molar-refractivity contribution is 0.770. The predicted octanol–water partition coefficient (Wildman–Crippen LogP) is 2.62. The lowest BCUT2D eigenvalue weighted by Gasteiger charge is -2.12. The molecule has 0 aliphatic heterocycles. The monoisotopic (exact) mass is 224 g/mol. The Kier molecular flexibility index (Phi) is 2.65. The van der Waals surface area contributed by atoms with Crippen LogP contribution >= 0.6 is 0 Å². The molecular weight excluding hydrogens is 208 g/mol. The minimum Gasteiger partial charge on any atom is -0.326 e. The zero-order valence-electron chi connectivity index (χ0n) is 9.76. The number of aryl methyl sites for hydroxylation is 1. The lowest BCUT2D eigenvalue weighted by Crippen LogP contribution is -2.01. The Morgan fingerprint density at radius 1 is 1.24 bits per heavy atom. The number of pyridine rings is 1. The zero-order chi connectivity index (χ0) is 11.7. The highest BCUT2D eigenvalue weighted by atomic mass is 14.7. The average molecular weight is 224 g/mol. The van der Waals surface area contributed by atoms with Crippen molar-refractivity contribution < 1.29 is 0 Å². The summed E-state index contributed by atoms with van der Waals surface area (Å²) in [5.41, 5.74) is 10.9. The van der Waals surface area contributed by atoms with Gasteiger partial charge in [0.05, 0.1) is 5.69 Å². The highest BCUT2D eigenvalue weighted by Gasteiger charge is 2.24. The van der Waals surface area contributed by atoms with Crippen molar-refractivity contribution in [2.45, 2.75) is 25.3 Å². The van der Waals surface area contributed by atoms with Crippen LogP contribution in [0, 0.1) is 0 Å². The van der Waals surface area contributed by atoms with E-state index in [4.69, 9.17) is 5.73 Å². The van der Waals surface area contributed by atoms with E-state index in [-0.39, 0.29) is 0 Å². The Hall–Kier alpha value is -1.67. The molecule has 2 nitrogen and oxygen atoms in total. The summed E-state index contributed by atoms with van der Waals surface area (Å²) < 4.78 is 0. The standard InChI is InChI=1S/C15H16N2/c16-10-11-3-1-4-13(9-11)14-7-6-12-5-2-8-17-15(12)14/h1-5,8-9,14H,6-7,10,16H2. The molecule has 1 atom stereocenters. The first-order chi connectivity index (χ1) is 8.38. The molecule has 0 fully saturated rings. The number of benzene rings is 1. The Morgan fingerprint density at radius 3 is 3.06 bits per heavy atom. The van der Waals surface area contributed by atoms with E-state index >= 15 is 0 Å². The summed E-state index contributed by atoms with van der Waals surface area (Å²) in [5.74, 6) is 0.456. The van der Waals surface area contributed by atoms with E-state index < -0.39 is 0 Å². The molecule has 0 radical (unpaired) electrons. The Bertz CT molecular complexity index is 534. The van der Waals surface area contributed by atoms with Crippen molar-refractivity contribution in [3.8, 4) is 0 Å². The largest absolute Gasteiger partial charge is 0.326 e. The van der Waals surface area contributed by atoms with Gasteiger partial charge in [-0.1, -0.05) is 30.3 Å². The highest BCUT2D eigenvalue weighted by molar-refractivity contribution is 5.39.